The molecule has 16 heavy (non-hydrogen) atoms. The van der Waals surface area contributed by atoms with Gasteiger partial charge < -0.3 is 9.84 Å². The van der Waals surface area contributed by atoms with Crippen molar-refractivity contribution in [3.05, 3.63) is 11.7 Å². The lowest BCUT2D eigenvalue weighted by atomic mass is 10.4. The highest BCUT2D eigenvalue weighted by Gasteiger charge is 2.02. The number of nitrogens with two attached hydrogens (primary N) is 1. The maximum absolute atomic E-state index is 5.30. The second-order valence-corrected chi connectivity index (χ2v) is 3.29. The van der Waals surface area contributed by atoms with Gasteiger partial charge in [-0.15, -0.1) is 0 Å². The molecule has 90 valence electrons. The van der Waals surface area contributed by atoms with Crippen LogP contribution in [-0.4, -0.2) is 29.2 Å². The molecule has 0 saturated carbocycles. The molecule has 0 radical (unpaired) electrons. The minimum atomic E-state index is 0.582. The molecular weight excluding hydrogens is 208 g/mol. The Morgan fingerprint density at radius 2 is 2.38 bits per heavy atom. The number of aliphatic imine (C=N–C) groups is 1. The van der Waals surface area contributed by atoms with E-state index >= 15 is 0 Å². The van der Waals surface area contributed by atoms with Crippen molar-refractivity contribution in [1.82, 2.24) is 20.9 Å². The number of hydrogen-bond acceptors (Lipinski definition) is 5. The van der Waals surface area contributed by atoms with Gasteiger partial charge >= 0.3 is 0 Å². The van der Waals surface area contributed by atoms with Gasteiger partial charge in [0.25, 0.3) is 0 Å². The van der Waals surface area contributed by atoms with Crippen LogP contribution in [0.2, 0.25) is 0 Å². The third kappa shape index (κ3) is 4.26. The maximum Gasteiger partial charge on any atom is 0.228 e. The van der Waals surface area contributed by atoms with E-state index in [1.807, 2.05) is 0 Å². The first-order chi connectivity index (χ1) is 7.76. The average molecular weight is 226 g/mol. The summed E-state index contributed by atoms with van der Waals surface area (Å²) in [7, 11) is 0. The SMILES string of the molecule is CCCN=C(NN)NCCc1nc(C)no1. The largest absolute Gasteiger partial charge is 0.355 e. The van der Waals surface area contributed by atoms with E-state index in [2.05, 4.69) is 32.8 Å². The standard InChI is InChI=1S/C9H18N6O/c1-3-5-11-9(14-10)12-6-4-8-13-7(2)15-16-8/h3-6,10H2,1-2H3,(H2,11,12,14). The lowest BCUT2D eigenvalue weighted by Gasteiger charge is -2.07. The minimum Gasteiger partial charge on any atom is -0.355 e. The molecule has 0 fully saturated rings. The quantitative estimate of drug-likeness (QED) is 0.277. The fraction of sp³-hybridized carbons (Fsp3) is 0.667. The molecule has 0 spiro atoms. The van der Waals surface area contributed by atoms with Crippen molar-refractivity contribution < 1.29 is 4.52 Å². The third-order valence-corrected chi connectivity index (χ3v) is 1.83. The van der Waals surface area contributed by atoms with Crippen molar-refractivity contribution in [3.63, 3.8) is 0 Å². The Bertz CT molecular complexity index is 334. The zero-order valence-electron chi connectivity index (χ0n) is 9.66. The van der Waals surface area contributed by atoms with E-state index in [-0.39, 0.29) is 0 Å². The molecule has 0 bridgehead atoms. The van der Waals surface area contributed by atoms with Crippen molar-refractivity contribution in [3.8, 4) is 0 Å². The summed E-state index contributed by atoms with van der Waals surface area (Å²) in [6.07, 6.45) is 1.63. The van der Waals surface area contributed by atoms with E-state index in [4.69, 9.17) is 10.4 Å². The first-order valence-corrected chi connectivity index (χ1v) is 5.30. The zero-order valence-corrected chi connectivity index (χ0v) is 9.66. The van der Waals surface area contributed by atoms with Crippen molar-refractivity contribution in [2.75, 3.05) is 13.1 Å². The molecule has 7 heteroatoms. The van der Waals surface area contributed by atoms with E-state index in [1.54, 1.807) is 6.92 Å². The van der Waals surface area contributed by atoms with Crippen LogP contribution in [0, 0.1) is 6.92 Å². The number of aromatic nitrogens is 2. The first kappa shape index (κ1) is 12.4. The number of rotatable bonds is 5. The van der Waals surface area contributed by atoms with Crippen LogP contribution < -0.4 is 16.6 Å². The molecule has 0 unspecified atom stereocenters. The molecule has 0 aliphatic carbocycles. The molecule has 0 aromatic carbocycles. The van der Waals surface area contributed by atoms with Gasteiger partial charge in [0.15, 0.2) is 5.82 Å². The van der Waals surface area contributed by atoms with Crippen LogP contribution in [0.1, 0.15) is 25.1 Å². The van der Waals surface area contributed by atoms with Crippen molar-refractivity contribution in [1.29, 1.82) is 0 Å². The van der Waals surface area contributed by atoms with Crippen LogP contribution in [0.3, 0.4) is 0 Å². The Balaban J connectivity index is 2.28. The lowest BCUT2D eigenvalue weighted by molar-refractivity contribution is 0.374. The van der Waals surface area contributed by atoms with Gasteiger partial charge in [0.1, 0.15) is 0 Å². The molecule has 4 N–H and O–H groups in total. The topological polar surface area (TPSA) is 101 Å². The van der Waals surface area contributed by atoms with E-state index in [0.717, 1.165) is 13.0 Å². The van der Waals surface area contributed by atoms with Crippen LogP contribution in [0.5, 0.6) is 0 Å². The predicted octanol–water partition coefficient (Wildman–Crippen LogP) is -0.261. The molecule has 0 aliphatic rings. The van der Waals surface area contributed by atoms with Crippen LogP contribution in [0.25, 0.3) is 0 Å². The fourth-order valence-corrected chi connectivity index (χ4v) is 1.11. The second-order valence-electron chi connectivity index (χ2n) is 3.29. The average Bonchev–Trinajstić information content (AvgIpc) is 2.69. The summed E-state index contributed by atoms with van der Waals surface area (Å²) in [5.41, 5.74) is 2.50. The van der Waals surface area contributed by atoms with Gasteiger partial charge in [-0.3, -0.25) is 10.4 Å². The van der Waals surface area contributed by atoms with Crippen LogP contribution in [0.4, 0.5) is 0 Å². The van der Waals surface area contributed by atoms with Gasteiger partial charge in [-0.2, -0.15) is 4.98 Å². The minimum absolute atomic E-state index is 0.582. The van der Waals surface area contributed by atoms with Gasteiger partial charge in [0.05, 0.1) is 0 Å². The van der Waals surface area contributed by atoms with Gasteiger partial charge in [-0.1, -0.05) is 12.1 Å². The summed E-state index contributed by atoms with van der Waals surface area (Å²) in [4.78, 5) is 8.29. The smallest absolute Gasteiger partial charge is 0.228 e. The number of aryl methyl sites for hydroxylation is 1. The van der Waals surface area contributed by atoms with Crippen LogP contribution in [-0.2, 0) is 6.42 Å². The molecule has 0 amide bonds. The maximum atomic E-state index is 5.30. The highest BCUT2D eigenvalue weighted by Crippen LogP contribution is 1.95. The number of nitrogens with zero attached hydrogens (tertiary/aromatic N) is 3. The molecule has 0 aliphatic heterocycles. The number of guanidine groups is 1. The number of nitrogens with one attached hydrogen (secondary N) is 2. The normalized spacial score (nSPS) is 11.6. The number of hydrogen-bond donors (Lipinski definition) is 3. The first-order valence-electron chi connectivity index (χ1n) is 5.30. The highest BCUT2D eigenvalue weighted by atomic mass is 16.5. The van der Waals surface area contributed by atoms with E-state index in [0.29, 0.717) is 30.6 Å². The molecule has 0 atom stereocenters. The summed E-state index contributed by atoms with van der Waals surface area (Å²) < 4.78 is 4.97. The molecule has 1 heterocycles. The Hall–Kier alpha value is -1.63. The van der Waals surface area contributed by atoms with Gasteiger partial charge in [0, 0.05) is 19.5 Å². The number of hydrazine groups is 1. The summed E-state index contributed by atoms with van der Waals surface area (Å²) in [5.74, 6) is 7.14. The summed E-state index contributed by atoms with van der Waals surface area (Å²) in [6.45, 7) is 5.23. The fourth-order valence-electron chi connectivity index (χ4n) is 1.11. The molecule has 7 nitrogen and oxygen atoms in total. The van der Waals surface area contributed by atoms with Gasteiger partial charge in [0.2, 0.25) is 11.9 Å². The van der Waals surface area contributed by atoms with Crippen molar-refractivity contribution in [2.24, 2.45) is 10.8 Å². The van der Waals surface area contributed by atoms with E-state index in [1.165, 1.54) is 0 Å². The summed E-state index contributed by atoms with van der Waals surface area (Å²) in [6, 6.07) is 0. The summed E-state index contributed by atoms with van der Waals surface area (Å²) >= 11 is 0. The third-order valence-electron chi connectivity index (χ3n) is 1.83. The second kappa shape index (κ2) is 6.78. The summed E-state index contributed by atoms with van der Waals surface area (Å²) in [5, 5.41) is 6.75. The highest BCUT2D eigenvalue weighted by molar-refractivity contribution is 5.79. The lowest BCUT2D eigenvalue weighted by Crippen LogP contribution is -2.42. The molecule has 1 rings (SSSR count). The molecular formula is C9H18N6O. The monoisotopic (exact) mass is 226 g/mol. The zero-order chi connectivity index (χ0) is 11.8. The Kier molecular flexibility index (Phi) is 5.27. The van der Waals surface area contributed by atoms with Crippen molar-refractivity contribution in [2.45, 2.75) is 26.7 Å². The van der Waals surface area contributed by atoms with Gasteiger partial charge in [-0.25, -0.2) is 5.84 Å². The van der Waals surface area contributed by atoms with Gasteiger partial charge in [-0.05, 0) is 13.3 Å². The van der Waals surface area contributed by atoms with Crippen LogP contribution in [0.15, 0.2) is 9.52 Å². The van der Waals surface area contributed by atoms with E-state index < -0.39 is 0 Å². The Morgan fingerprint density at radius 3 is 2.94 bits per heavy atom. The Morgan fingerprint density at radius 1 is 1.56 bits per heavy atom. The van der Waals surface area contributed by atoms with E-state index in [9.17, 15) is 0 Å². The molecule has 1 aromatic rings. The Labute approximate surface area is 94.5 Å². The van der Waals surface area contributed by atoms with Crippen molar-refractivity contribution >= 4 is 5.96 Å². The molecule has 1 aromatic heterocycles. The van der Waals surface area contributed by atoms with Crippen LogP contribution >= 0.6 is 0 Å². The predicted molar refractivity (Wildman–Crippen MR) is 60.7 cm³/mol. The molecule has 0 saturated heterocycles.